The van der Waals surface area contributed by atoms with Gasteiger partial charge in [0.15, 0.2) is 0 Å². The summed E-state index contributed by atoms with van der Waals surface area (Å²) in [5.74, 6) is -0.504. The van der Waals surface area contributed by atoms with E-state index in [1.54, 1.807) is 30.3 Å². The van der Waals surface area contributed by atoms with E-state index in [9.17, 15) is 9.59 Å². The van der Waals surface area contributed by atoms with Crippen LogP contribution in [0, 0.1) is 0 Å². The molecule has 0 aliphatic heterocycles. The molecule has 0 radical (unpaired) electrons. The molecule has 23 heavy (non-hydrogen) atoms. The normalized spacial score (nSPS) is 10.7. The molecule has 116 valence electrons. The first kappa shape index (κ1) is 15.6. The zero-order valence-electron chi connectivity index (χ0n) is 12.1. The second kappa shape index (κ2) is 6.07. The van der Waals surface area contributed by atoms with Crippen molar-refractivity contribution in [1.82, 2.24) is 4.57 Å². The van der Waals surface area contributed by atoms with Gasteiger partial charge in [0.25, 0.3) is 5.91 Å². The molecule has 0 unspecified atom stereocenters. The topological polar surface area (TPSA) is 51.1 Å². The molecule has 3 rings (SSSR count). The smallest absolute Gasteiger partial charge is 0.257 e. The maximum absolute atomic E-state index is 12.6. The van der Waals surface area contributed by atoms with Crippen molar-refractivity contribution in [1.29, 1.82) is 0 Å². The minimum absolute atomic E-state index is 0.162. The van der Waals surface area contributed by atoms with Gasteiger partial charge in [-0.25, -0.2) is 0 Å². The van der Waals surface area contributed by atoms with Gasteiger partial charge < -0.3 is 5.32 Å². The van der Waals surface area contributed by atoms with Crippen LogP contribution >= 0.6 is 23.2 Å². The van der Waals surface area contributed by atoms with Gasteiger partial charge in [-0.2, -0.15) is 0 Å². The molecule has 0 aliphatic rings. The van der Waals surface area contributed by atoms with Crippen molar-refractivity contribution in [3.63, 3.8) is 0 Å². The lowest BCUT2D eigenvalue weighted by Gasteiger charge is -2.06. The summed E-state index contributed by atoms with van der Waals surface area (Å²) >= 11 is 11.9. The first-order valence-electron chi connectivity index (χ1n) is 6.85. The van der Waals surface area contributed by atoms with E-state index in [2.05, 4.69) is 5.32 Å². The number of amides is 1. The number of fused-ring (bicyclic) bond motifs is 1. The molecule has 4 nitrogen and oxygen atoms in total. The number of carbonyl (C=O) groups is 2. The summed E-state index contributed by atoms with van der Waals surface area (Å²) in [5.41, 5.74) is 1.55. The minimum Gasteiger partial charge on any atom is -0.321 e. The quantitative estimate of drug-likeness (QED) is 0.720. The Labute approximate surface area is 142 Å². The fraction of sp³-hybridized carbons (Fsp3) is 0.0588. The highest BCUT2D eigenvalue weighted by atomic mass is 35.5. The van der Waals surface area contributed by atoms with E-state index in [0.717, 1.165) is 0 Å². The zero-order chi connectivity index (χ0) is 16.6. The molecule has 0 saturated heterocycles. The van der Waals surface area contributed by atoms with E-state index in [1.807, 2.05) is 12.1 Å². The molecule has 0 atom stereocenters. The number of benzene rings is 2. The van der Waals surface area contributed by atoms with Crippen molar-refractivity contribution in [2.75, 3.05) is 5.32 Å². The Balaban J connectivity index is 2.03. The predicted octanol–water partition coefficient (Wildman–Crippen LogP) is 4.86. The van der Waals surface area contributed by atoms with E-state index in [-0.39, 0.29) is 11.8 Å². The van der Waals surface area contributed by atoms with E-state index in [0.29, 0.717) is 32.2 Å². The third-order valence-electron chi connectivity index (χ3n) is 3.48. The third-order valence-corrected chi connectivity index (χ3v) is 4.02. The number of aromatic nitrogens is 1. The Hall–Kier alpha value is -2.30. The molecule has 0 bridgehead atoms. The van der Waals surface area contributed by atoms with Gasteiger partial charge in [-0.3, -0.25) is 14.2 Å². The number of hydrogen-bond acceptors (Lipinski definition) is 2. The average Bonchev–Trinajstić information content (AvgIpc) is 2.90. The van der Waals surface area contributed by atoms with Crippen LogP contribution in [0.1, 0.15) is 22.1 Å². The lowest BCUT2D eigenvalue weighted by Crippen LogP contribution is -2.12. The molecule has 0 fully saturated rings. The second-order valence-corrected chi connectivity index (χ2v) is 5.87. The highest BCUT2D eigenvalue weighted by molar-refractivity contribution is 6.37. The lowest BCUT2D eigenvalue weighted by molar-refractivity contribution is 0.0941. The Bertz CT molecular complexity index is 931. The number of para-hydroxylation sites is 1. The first-order chi connectivity index (χ1) is 11.0. The summed E-state index contributed by atoms with van der Waals surface area (Å²) < 4.78 is 1.45. The summed E-state index contributed by atoms with van der Waals surface area (Å²) in [6.07, 6.45) is 1.53. The van der Waals surface area contributed by atoms with Crippen LogP contribution in [0.4, 0.5) is 5.69 Å². The van der Waals surface area contributed by atoms with Gasteiger partial charge in [0.05, 0.1) is 21.8 Å². The molecule has 1 heterocycles. The van der Waals surface area contributed by atoms with Crippen molar-refractivity contribution >= 4 is 51.6 Å². The highest BCUT2D eigenvalue weighted by Crippen LogP contribution is 2.27. The summed E-state index contributed by atoms with van der Waals surface area (Å²) in [6.45, 7) is 1.45. The maximum atomic E-state index is 12.6. The molecule has 6 heteroatoms. The van der Waals surface area contributed by atoms with E-state index < -0.39 is 0 Å². The lowest BCUT2D eigenvalue weighted by atomic mass is 10.1. The molecule has 0 saturated carbocycles. The van der Waals surface area contributed by atoms with E-state index in [1.165, 1.54) is 17.7 Å². The van der Waals surface area contributed by atoms with Gasteiger partial charge in [-0.1, -0.05) is 41.4 Å². The highest BCUT2D eigenvalue weighted by Gasteiger charge is 2.17. The van der Waals surface area contributed by atoms with Crippen LogP contribution in [-0.4, -0.2) is 16.4 Å². The Kier molecular flexibility index (Phi) is 4.11. The molecule has 1 N–H and O–H groups in total. The number of nitrogens with zero attached hydrogens (tertiary/aromatic N) is 1. The molecular formula is C17H12Cl2N2O2. The van der Waals surface area contributed by atoms with Gasteiger partial charge in [0.1, 0.15) is 0 Å². The Morgan fingerprint density at radius 2 is 1.83 bits per heavy atom. The molecule has 1 amide bonds. The van der Waals surface area contributed by atoms with Gasteiger partial charge in [0.2, 0.25) is 5.91 Å². The molecule has 1 aromatic heterocycles. The van der Waals surface area contributed by atoms with Crippen molar-refractivity contribution in [2.24, 2.45) is 0 Å². The van der Waals surface area contributed by atoms with Crippen LogP contribution in [0.15, 0.2) is 48.7 Å². The Morgan fingerprint density at radius 1 is 1.09 bits per heavy atom. The molecule has 0 aliphatic carbocycles. The van der Waals surface area contributed by atoms with Gasteiger partial charge in [0, 0.05) is 23.5 Å². The van der Waals surface area contributed by atoms with E-state index >= 15 is 0 Å². The number of nitrogens with one attached hydrogen (secondary N) is 1. The van der Waals surface area contributed by atoms with Crippen LogP contribution in [-0.2, 0) is 0 Å². The summed E-state index contributed by atoms with van der Waals surface area (Å²) in [5, 5.41) is 4.28. The predicted molar refractivity (Wildman–Crippen MR) is 92.7 cm³/mol. The monoisotopic (exact) mass is 346 g/mol. The van der Waals surface area contributed by atoms with Crippen molar-refractivity contribution in [2.45, 2.75) is 6.92 Å². The van der Waals surface area contributed by atoms with Crippen LogP contribution in [0.25, 0.3) is 10.9 Å². The molecule has 2 aromatic carbocycles. The van der Waals surface area contributed by atoms with Crippen LogP contribution in [0.3, 0.4) is 0 Å². The third kappa shape index (κ3) is 2.96. The second-order valence-electron chi connectivity index (χ2n) is 5.03. The van der Waals surface area contributed by atoms with Gasteiger partial charge in [-0.05, 0) is 24.3 Å². The Morgan fingerprint density at radius 3 is 2.52 bits per heavy atom. The first-order valence-corrected chi connectivity index (χ1v) is 7.60. The number of anilines is 1. The summed E-state index contributed by atoms with van der Waals surface area (Å²) in [4.78, 5) is 24.3. The molecular weight excluding hydrogens is 335 g/mol. The SMILES string of the molecule is CC(=O)n1cc(C(=O)Nc2ccc(Cl)cc2Cl)c2ccccc21. The van der Waals surface area contributed by atoms with Crippen molar-refractivity contribution in [3.05, 3.63) is 64.3 Å². The standard InChI is InChI=1S/C17H12Cl2N2O2/c1-10(22)21-9-13(12-4-2-3-5-16(12)21)17(23)20-15-7-6-11(18)8-14(15)19/h2-9H,1H3,(H,20,23). The molecule has 3 aromatic rings. The van der Waals surface area contributed by atoms with Crippen molar-refractivity contribution in [3.8, 4) is 0 Å². The van der Waals surface area contributed by atoms with Crippen LogP contribution < -0.4 is 5.32 Å². The summed E-state index contributed by atoms with van der Waals surface area (Å²) in [6, 6.07) is 12.1. The maximum Gasteiger partial charge on any atom is 0.257 e. The zero-order valence-corrected chi connectivity index (χ0v) is 13.7. The van der Waals surface area contributed by atoms with Gasteiger partial charge in [-0.15, -0.1) is 0 Å². The number of halogens is 2. The minimum atomic E-state index is -0.342. The average molecular weight is 347 g/mol. The number of rotatable bonds is 2. The van der Waals surface area contributed by atoms with Crippen LogP contribution in [0.5, 0.6) is 0 Å². The van der Waals surface area contributed by atoms with Crippen molar-refractivity contribution < 1.29 is 9.59 Å². The fourth-order valence-corrected chi connectivity index (χ4v) is 2.86. The van der Waals surface area contributed by atoms with E-state index in [4.69, 9.17) is 23.2 Å². The van der Waals surface area contributed by atoms with Crippen LogP contribution in [0.2, 0.25) is 10.0 Å². The number of carbonyl (C=O) groups excluding carboxylic acids is 2. The summed E-state index contributed by atoms with van der Waals surface area (Å²) in [7, 11) is 0. The fourth-order valence-electron chi connectivity index (χ4n) is 2.40. The largest absolute Gasteiger partial charge is 0.321 e. The van der Waals surface area contributed by atoms with Gasteiger partial charge >= 0.3 is 0 Å². The molecule has 0 spiro atoms. The number of hydrogen-bond donors (Lipinski definition) is 1.